The summed E-state index contributed by atoms with van der Waals surface area (Å²) >= 11 is 5.07. The first kappa shape index (κ1) is 29.4. The van der Waals surface area contributed by atoms with Crippen LogP contribution in [-0.2, 0) is 26.8 Å². The minimum Gasteiger partial charge on any atom is -0.748 e. The van der Waals surface area contributed by atoms with E-state index in [1.807, 2.05) is 36.4 Å². The van der Waals surface area contributed by atoms with Crippen LogP contribution in [0.1, 0.15) is 28.7 Å². The van der Waals surface area contributed by atoms with Crippen LogP contribution in [0.4, 0.5) is 0 Å². The molecule has 1 fully saturated rings. The molecular weight excluding hydrogens is 584 g/mol. The molecule has 0 amide bonds. The number of thiazole rings is 1. The topological polar surface area (TPSA) is 119 Å². The smallest absolute Gasteiger partial charge is 0.748 e. The molecule has 192 valence electrons. The SMILES string of the molecule is O=S(=O)([O-])CCCN1C(=Cc2sc3ccccc3[n+]2CCCS(=O)(=O)O)SC2c3ccccc3SC21.[Na+]. The van der Waals surface area contributed by atoms with E-state index >= 15 is 0 Å². The van der Waals surface area contributed by atoms with Crippen LogP contribution < -0.4 is 34.1 Å². The van der Waals surface area contributed by atoms with E-state index in [0.29, 0.717) is 13.1 Å². The maximum Gasteiger partial charge on any atom is 1.00 e. The van der Waals surface area contributed by atoms with Gasteiger partial charge in [-0.3, -0.25) is 4.55 Å². The van der Waals surface area contributed by atoms with Crippen molar-refractivity contribution in [2.24, 2.45) is 0 Å². The molecule has 37 heavy (non-hydrogen) atoms. The van der Waals surface area contributed by atoms with Crippen molar-refractivity contribution in [1.82, 2.24) is 4.90 Å². The van der Waals surface area contributed by atoms with Gasteiger partial charge in [-0.2, -0.15) is 13.0 Å². The number of nitrogens with zero attached hydrogens (tertiary/aromatic N) is 2. The fourth-order valence-electron chi connectivity index (χ4n) is 4.51. The maximum atomic E-state index is 11.3. The van der Waals surface area contributed by atoms with Crippen molar-refractivity contribution < 1.29 is 60.1 Å². The molecule has 1 N–H and O–H groups in total. The van der Waals surface area contributed by atoms with Crippen LogP contribution >= 0.6 is 34.9 Å². The van der Waals surface area contributed by atoms with Gasteiger partial charge in [-0.25, -0.2) is 8.42 Å². The normalized spacial score (nSPS) is 20.3. The van der Waals surface area contributed by atoms with Crippen molar-refractivity contribution in [2.45, 2.75) is 34.9 Å². The second kappa shape index (κ2) is 11.9. The minimum absolute atomic E-state index is 0. The zero-order valence-electron chi connectivity index (χ0n) is 20.0. The average molecular weight is 608 g/mol. The largest absolute Gasteiger partial charge is 1.00 e. The fourth-order valence-corrected chi connectivity index (χ4v) is 9.90. The first-order chi connectivity index (χ1) is 17.1. The third-order valence-corrected chi connectivity index (χ3v) is 11.7. The first-order valence-corrected chi connectivity index (χ1v) is 17.1. The van der Waals surface area contributed by atoms with Crippen LogP contribution in [0.2, 0.25) is 0 Å². The second-order valence-corrected chi connectivity index (χ2v) is 15.1. The van der Waals surface area contributed by atoms with Crippen LogP contribution in [-0.4, -0.2) is 54.3 Å². The Balaban J connectivity index is 0.00000320. The molecule has 14 heteroatoms. The predicted octanol–water partition coefficient (Wildman–Crippen LogP) is 0.926. The van der Waals surface area contributed by atoms with E-state index in [0.717, 1.165) is 20.3 Å². The Hall–Kier alpha value is -0.610. The van der Waals surface area contributed by atoms with Crippen LogP contribution in [0.25, 0.3) is 16.3 Å². The van der Waals surface area contributed by atoms with Crippen molar-refractivity contribution in [3.05, 3.63) is 64.1 Å². The van der Waals surface area contributed by atoms with Gasteiger partial charge < -0.3 is 9.45 Å². The zero-order valence-corrected chi connectivity index (χ0v) is 26.1. The molecule has 1 aromatic heterocycles. The molecule has 3 heterocycles. The van der Waals surface area contributed by atoms with E-state index in [1.165, 1.54) is 10.5 Å². The molecule has 2 aromatic carbocycles. The number of aryl methyl sites for hydroxylation is 1. The van der Waals surface area contributed by atoms with Gasteiger partial charge >= 0.3 is 29.6 Å². The summed E-state index contributed by atoms with van der Waals surface area (Å²) in [7, 11) is -8.35. The summed E-state index contributed by atoms with van der Waals surface area (Å²) in [6.07, 6.45) is 2.59. The van der Waals surface area contributed by atoms with E-state index in [4.69, 9.17) is 0 Å². The third-order valence-electron chi connectivity index (χ3n) is 6.03. The molecule has 3 aromatic rings. The Kier molecular flexibility index (Phi) is 9.42. The Morgan fingerprint density at radius 1 is 1.00 bits per heavy atom. The molecule has 2 aliphatic rings. The summed E-state index contributed by atoms with van der Waals surface area (Å²) in [6.45, 7) is 0.864. The zero-order chi connectivity index (χ0) is 25.5. The quantitative estimate of drug-likeness (QED) is 0.215. The molecule has 0 saturated carbocycles. The van der Waals surface area contributed by atoms with E-state index in [-0.39, 0.29) is 58.8 Å². The van der Waals surface area contributed by atoms with Gasteiger partial charge in [0.1, 0.15) is 4.70 Å². The Morgan fingerprint density at radius 3 is 2.49 bits per heavy atom. The van der Waals surface area contributed by atoms with Gasteiger partial charge in [-0.15, -0.1) is 0 Å². The number of benzene rings is 2. The molecule has 2 unspecified atom stereocenters. The summed E-state index contributed by atoms with van der Waals surface area (Å²) in [4.78, 5) is 3.40. The average Bonchev–Trinajstić information content (AvgIpc) is 3.43. The van der Waals surface area contributed by atoms with Crippen molar-refractivity contribution in [3.8, 4) is 0 Å². The molecule has 0 spiro atoms. The van der Waals surface area contributed by atoms with E-state index in [9.17, 15) is 25.9 Å². The van der Waals surface area contributed by atoms with Gasteiger partial charge in [0.2, 0.25) is 5.52 Å². The Labute approximate surface area is 251 Å². The van der Waals surface area contributed by atoms with E-state index < -0.39 is 26.0 Å². The fraction of sp³-hybridized carbons (Fsp3) is 0.348. The third kappa shape index (κ3) is 6.94. The molecule has 5 rings (SSSR count). The summed E-state index contributed by atoms with van der Waals surface area (Å²) < 4.78 is 68.6. The van der Waals surface area contributed by atoms with Crippen molar-refractivity contribution in [1.29, 1.82) is 0 Å². The molecule has 2 aliphatic heterocycles. The number of rotatable bonds is 9. The monoisotopic (exact) mass is 607 g/mol. The van der Waals surface area contributed by atoms with Crippen molar-refractivity contribution in [3.63, 3.8) is 0 Å². The van der Waals surface area contributed by atoms with E-state index in [2.05, 4.69) is 27.7 Å². The molecule has 0 bridgehead atoms. The number of fused-ring (bicyclic) bond motifs is 4. The first-order valence-electron chi connectivity index (χ1n) is 11.3. The number of thioether (sulfide) groups is 2. The number of hydrogen-bond donors (Lipinski definition) is 1. The minimum atomic E-state index is -4.30. The van der Waals surface area contributed by atoms with Crippen LogP contribution in [0.5, 0.6) is 0 Å². The number of aromatic nitrogens is 1. The van der Waals surface area contributed by atoms with E-state index in [1.54, 1.807) is 34.9 Å². The molecule has 1 saturated heterocycles. The summed E-state index contributed by atoms with van der Waals surface area (Å²) in [5.74, 6) is -0.725. The van der Waals surface area contributed by atoms with Gasteiger partial charge in [0.25, 0.3) is 15.1 Å². The van der Waals surface area contributed by atoms with Crippen LogP contribution in [0.3, 0.4) is 0 Å². The molecule has 0 aliphatic carbocycles. The summed E-state index contributed by atoms with van der Waals surface area (Å²) in [6, 6.07) is 16.1. The second-order valence-electron chi connectivity index (χ2n) is 8.58. The van der Waals surface area contributed by atoms with Crippen molar-refractivity contribution >= 4 is 71.4 Å². The summed E-state index contributed by atoms with van der Waals surface area (Å²) in [5.41, 5.74) is 2.23. The Bertz CT molecular complexity index is 1540. The van der Waals surface area contributed by atoms with Gasteiger partial charge in [0.05, 0.1) is 37.6 Å². The van der Waals surface area contributed by atoms with Gasteiger partial charge in [-0.05, 0) is 24.1 Å². The van der Waals surface area contributed by atoms with Crippen LogP contribution in [0, 0.1) is 0 Å². The standard InChI is InChI=1S/C23H24N2O6S5.Na/c26-35(27,28)13-5-11-24-17-8-2-4-10-19(17)32-20(24)15-21-25(12-6-14-36(29,30)31)23-22(34-21)16-7-1-3-9-18(16)33-23;/h1-4,7-10,15,22-23H,5-6,11-14H2,(H-,26,27,28,29,30,31);/q;+1. The van der Waals surface area contributed by atoms with Crippen LogP contribution in [0.15, 0.2) is 58.5 Å². The van der Waals surface area contributed by atoms with Crippen molar-refractivity contribution in [2.75, 3.05) is 18.1 Å². The summed E-state index contributed by atoms with van der Waals surface area (Å²) in [5, 5.41) is 2.21. The molecule has 0 radical (unpaired) electrons. The number of para-hydroxylation sites is 1. The molecule has 2 atom stereocenters. The molecular formula is C23H24N2NaO6S5+. The molecule has 8 nitrogen and oxygen atoms in total. The maximum absolute atomic E-state index is 11.3. The number of hydrogen-bond acceptors (Lipinski definition) is 9. The van der Waals surface area contributed by atoms with Gasteiger partial charge in [-0.1, -0.05) is 65.2 Å². The van der Waals surface area contributed by atoms with Gasteiger partial charge in [0, 0.05) is 29.7 Å². The predicted molar refractivity (Wildman–Crippen MR) is 143 cm³/mol. The Morgan fingerprint density at radius 2 is 1.73 bits per heavy atom. The van der Waals surface area contributed by atoms with Gasteiger partial charge in [0.15, 0.2) is 6.54 Å².